The van der Waals surface area contributed by atoms with Crippen LogP contribution in [0.1, 0.15) is 49.3 Å². The Morgan fingerprint density at radius 1 is 1.00 bits per heavy atom. The highest BCUT2D eigenvalue weighted by Crippen LogP contribution is 2.36. The van der Waals surface area contributed by atoms with Crippen molar-refractivity contribution < 1.29 is 17.9 Å². The van der Waals surface area contributed by atoms with Crippen LogP contribution in [-0.2, 0) is 19.4 Å². The molecule has 27 heavy (non-hydrogen) atoms. The van der Waals surface area contributed by atoms with Crippen molar-refractivity contribution in [2.45, 2.75) is 54.8 Å². The minimum Gasteiger partial charge on any atom is -0.462 e. The molecule has 0 aromatic heterocycles. The maximum Gasteiger partial charge on any atom is 0.307 e. The molecule has 0 saturated heterocycles. The van der Waals surface area contributed by atoms with Gasteiger partial charge in [0.2, 0.25) is 0 Å². The quantitative estimate of drug-likeness (QED) is 0.624. The van der Waals surface area contributed by atoms with Gasteiger partial charge in [0, 0.05) is 5.02 Å². The van der Waals surface area contributed by atoms with E-state index >= 15 is 0 Å². The lowest BCUT2D eigenvalue weighted by atomic mass is 9.98. The molecular formula is C21H23ClO4S. The molecule has 2 aromatic carbocycles. The highest BCUT2D eigenvalue weighted by molar-refractivity contribution is 7.91. The predicted molar refractivity (Wildman–Crippen MR) is 105 cm³/mol. The number of hydrogen-bond acceptors (Lipinski definition) is 4. The van der Waals surface area contributed by atoms with E-state index < -0.39 is 21.1 Å². The summed E-state index contributed by atoms with van der Waals surface area (Å²) in [6.45, 7) is 0. The second-order valence-electron chi connectivity index (χ2n) is 6.82. The molecule has 1 atom stereocenters. The Kier molecular flexibility index (Phi) is 6.55. The molecule has 1 fully saturated rings. The summed E-state index contributed by atoms with van der Waals surface area (Å²) >= 11 is 6.27. The number of hydrogen-bond donors (Lipinski definition) is 0. The van der Waals surface area contributed by atoms with Gasteiger partial charge in [-0.25, -0.2) is 8.42 Å². The van der Waals surface area contributed by atoms with Crippen molar-refractivity contribution in [2.24, 2.45) is 0 Å². The minimum atomic E-state index is -3.80. The average molecular weight is 407 g/mol. The zero-order valence-electron chi connectivity index (χ0n) is 15.0. The maximum atomic E-state index is 13.2. The van der Waals surface area contributed by atoms with Crippen molar-refractivity contribution in [2.75, 3.05) is 0 Å². The van der Waals surface area contributed by atoms with E-state index in [4.69, 9.17) is 16.3 Å². The van der Waals surface area contributed by atoms with Crippen molar-refractivity contribution in [1.82, 2.24) is 0 Å². The second kappa shape index (κ2) is 8.89. The van der Waals surface area contributed by atoms with Gasteiger partial charge in [0.1, 0.15) is 11.4 Å². The smallest absolute Gasteiger partial charge is 0.307 e. The van der Waals surface area contributed by atoms with E-state index in [1.54, 1.807) is 42.5 Å². The van der Waals surface area contributed by atoms with E-state index in [0.717, 1.165) is 32.1 Å². The third-order valence-electron chi connectivity index (χ3n) is 4.90. The number of halogens is 1. The van der Waals surface area contributed by atoms with Gasteiger partial charge in [0.05, 0.1) is 11.3 Å². The fourth-order valence-electron chi connectivity index (χ4n) is 3.47. The van der Waals surface area contributed by atoms with Crippen LogP contribution in [0.4, 0.5) is 0 Å². The Bertz CT molecular complexity index is 874. The highest BCUT2D eigenvalue weighted by atomic mass is 35.5. The molecule has 3 rings (SSSR count). The van der Waals surface area contributed by atoms with Crippen LogP contribution in [0.15, 0.2) is 59.5 Å². The summed E-state index contributed by atoms with van der Waals surface area (Å²) in [6, 6.07) is 14.9. The van der Waals surface area contributed by atoms with E-state index in [1.165, 1.54) is 12.1 Å². The van der Waals surface area contributed by atoms with Gasteiger partial charge in [0.25, 0.3) is 0 Å². The molecule has 6 heteroatoms. The number of rotatable bonds is 6. The Morgan fingerprint density at radius 2 is 1.63 bits per heavy atom. The molecule has 1 saturated carbocycles. The minimum absolute atomic E-state index is 0.113. The zero-order chi connectivity index (χ0) is 19.3. The van der Waals surface area contributed by atoms with Gasteiger partial charge in [-0.3, -0.25) is 4.79 Å². The first-order valence-corrected chi connectivity index (χ1v) is 11.1. The molecule has 1 aliphatic carbocycles. The highest BCUT2D eigenvalue weighted by Gasteiger charge is 2.34. The standard InChI is InChI=1S/C21H23ClO4S/c22-19-14-8-7-13-18(19)20(27(24,25)17-11-5-2-6-12-17)15-21(23)26-16-9-3-1-4-10-16/h2,5-8,11-14,16,20H,1,3-4,9-10,15H2. The first-order chi connectivity index (χ1) is 13.0. The van der Waals surface area contributed by atoms with Gasteiger partial charge in [0.15, 0.2) is 9.84 Å². The first-order valence-electron chi connectivity index (χ1n) is 9.21. The Labute approximate surface area is 165 Å². The van der Waals surface area contributed by atoms with Gasteiger partial charge in [-0.15, -0.1) is 0 Å². The summed E-state index contributed by atoms with van der Waals surface area (Å²) in [5, 5.41) is -0.753. The summed E-state index contributed by atoms with van der Waals surface area (Å²) in [5.41, 5.74) is 0.420. The first kappa shape index (κ1) is 19.9. The Balaban J connectivity index is 1.89. The molecule has 144 valence electrons. The average Bonchev–Trinajstić information content (AvgIpc) is 2.68. The van der Waals surface area contributed by atoms with Crippen LogP contribution in [0, 0.1) is 0 Å². The lowest BCUT2D eigenvalue weighted by Gasteiger charge is -2.24. The van der Waals surface area contributed by atoms with Crippen molar-refractivity contribution >= 4 is 27.4 Å². The second-order valence-corrected chi connectivity index (χ2v) is 9.36. The van der Waals surface area contributed by atoms with Crippen molar-refractivity contribution in [1.29, 1.82) is 0 Å². The van der Waals surface area contributed by atoms with Gasteiger partial charge in [-0.1, -0.05) is 54.4 Å². The molecule has 1 aliphatic rings. The van der Waals surface area contributed by atoms with E-state index in [9.17, 15) is 13.2 Å². The van der Waals surface area contributed by atoms with E-state index in [0.29, 0.717) is 10.6 Å². The molecular weight excluding hydrogens is 384 g/mol. The lowest BCUT2D eigenvalue weighted by Crippen LogP contribution is -2.24. The molecule has 0 aliphatic heterocycles. The molecule has 0 N–H and O–H groups in total. The third kappa shape index (κ3) is 4.90. The SMILES string of the molecule is O=C(CC(c1ccccc1Cl)S(=O)(=O)c1ccccc1)OC1CCCCC1. The summed E-state index contributed by atoms with van der Waals surface area (Å²) in [5.74, 6) is -0.494. The largest absolute Gasteiger partial charge is 0.462 e. The van der Waals surface area contributed by atoms with Crippen LogP contribution < -0.4 is 0 Å². The summed E-state index contributed by atoms with van der Waals surface area (Å²) in [7, 11) is -3.80. The molecule has 0 spiro atoms. The molecule has 1 unspecified atom stereocenters. The number of benzene rings is 2. The topological polar surface area (TPSA) is 60.4 Å². The fourth-order valence-corrected chi connectivity index (χ4v) is 5.56. The Hall–Kier alpha value is -1.85. The normalized spacial score (nSPS) is 16.6. The fraction of sp³-hybridized carbons (Fsp3) is 0.381. The van der Waals surface area contributed by atoms with Crippen LogP contribution >= 0.6 is 11.6 Å². The number of ether oxygens (including phenoxy) is 1. The molecule has 0 amide bonds. The van der Waals surface area contributed by atoms with Crippen LogP contribution in [0.5, 0.6) is 0 Å². The maximum absolute atomic E-state index is 13.2. The summed E-state index contributed by atoms with van der Waals surface area (Å²) in [4.78, 5) is 12.7. The molecule has 4 nitrogen and oxygen atoms in total. The number of carbonyl (C=O) groups is 1. The van der Waals surface area contributed by atoms with E-state index in [-0.39, 0.29) is 17.4 Å². The predicted octanol–water partition coefficient (Wildman–Crippen LogP) is 5.12. The van der Waals surface area contributed by atoms with E-state index in [2.05, 4.69) is 0 Å². The van der Waals surface area contributed by atoms with Crippen LogP contribution in [0.3, 0.4) is 0 Å². The van der Waals surface area contributed by atoms with Crippen LogP contribution in [0.25, 0.3) is 0 Å². The van der Waals surface area contributed by atoms with E-state index in [1.807, 2.05) is 0 Å². The van der Waals surface area contributed by atoms with Crippen molar-refractivity contribution in [3.05, 3.63) is 65.2 Å². The molecule has 0 heterocycles. The Morgan fingerprint density at radius 3 is 2.30 bits per heavy atom. The van der Waals surface area contributed by atoms with Gasteiger partial charge in [-0.05, 0) is 49.4 Å². The van der Waals surface area contributed by atoms with Crippen LogP contribution in [0.2, 0.25) is 5.02 Å². The summed E-state index contributed by atoms with van der Waals surface area (Å²) in [6.07, 6.45) is 4.54. The third-order valence-corrected chi connectivity index (χ3v) is 7.34. The van der Waals surface area contributed by atoms with Gasteiger partial charge in [-0.2, -0.15) is 0 Å². The molecule has 0 bridgehead atoms. The van der Waals surface area contributed by atoms with Gasteiger partial charge < -0.3 is 4.74 Å². The summed E-state index contributed by atoms with van der Waals surface area (Å²) < 4.78 is 32.1. The van der Waals surface area contributed by atoms with Gasteiger partial charge >= 0.3 is 5.97 Å². The van der Waals surface area contributed by atoms with Crippen molar-refractivity contribution in [3.8, 4) is 0 Å². The zero-order valence-corrected chi connectivity index (χ0v) is 16.6. The van der Waals surface area contributed by atoms with Crippen molar-refractivity contribution in [3.63, 3.8) is 0 Å². The molecule has 0 radical (unpaired) electrons. The number of sulfone groups is 1. The number of esters is 1. The number of carbonyl (C=O) groups excluding carboxylic acids is 1. The lowest BCUT2D eigenvalue weighted by molar-refractivity contribution is -0.150. The molecule has 2 aromatic rings. The monoisotopic (exact) mass is 406 g/mol. The van der Waals surface area contributed by atoms with Crippen LogP contribution in [-0.4, -0.2) is 20.5 Å².